The summed E-state index contributed by atoms with van der Waals surface area (Å²) in [5, 5.41) is 32.6. The van der Waals surface area contributed by atoms with Crippen LogP contribution in [0.2, 0.25) is 0 Å². The zero-order chi connectivity index (χ0) is 23.1. The number of rotatable bonds is 5. The van der Waals surface area contributed by atoms with Crippen molar-refractivity contribution < 1.29 is 14.4 Å². The molecule has 0 saturated heterocycles. The molecule has 0 radical (unpaired) electrons. The molecule has 2 aromatic heterocycles. The van der Waals surface area contributed by atoms with Crippen LogP contribution in [0, 0.1) is 10.1 Å². The van der Waals surface area contributed by atoms with E-state index in [4.69, 9.17) is 9.47 Å². The Morgan fingerprint density at radius 2 is 1.91 bits per heavy atom. The summed E-state index contributed by atoms with van der Waals surface area (Å²) in [7, 11) is 3.07. The van der Waals surface area contributed by atoms with E-state index in [1.165, 1.54) is 23.9 Å². The number of nitrogens with one attached hydrogen (secondary N) is 2. The van der Waals surface area contributed by atoms with Crippen molar-refractivity contribution in [2.75, 3.05) is 19.5 Å². The van der Waals surface area contributed by atoms with E-state index in [9.17, 15) is 14.9 Å². The molecule has 0 amide bonds. The highest BCUT2D eigenvalue weighted by molar-refractivity contribution is 5.76. The second-order valence-corrected chi connectivity index (χ2v) is 7.08. The fourth-order valence-corrected chi connectivity index (χ4v) is 3.84. The highest BCUT2D eigenvalue weighted by Crippen LogP contribution is 2.44. The lowest BCUT2D eigenvalue weighted by Crippen LogP contribution is -2.29. The molecule has 4 aromatic rings. The number of hydrogen-bond acceptors (Lipinski definition) is 10. The van der Waals surface area contributed by atoms with E-state index in [-0.39, 0.29) is 17.3 Å². The van der Waals surface area contributed by atoms with Crippen LogP contribution in [0.15, 0.2) is 47.3 Å². The minimum atomic E-state index is -0.712. The average Bonchev–Trinajstić information content (AvgIpc) is 3.31. The van der Waals surface area contributed by atoms with E-state index in [1.54, 1.807) is 37.4 Å². The normalized spacial score (nSPS) is 14.1. The maximum absolute atomic E-state index is 12.8. The zero-order valence-electron chi connectivity index (χ0n) is 17.3. The quantitative estimate of drug-likeness (QED) is 0.300. The minimum absolute atomic E-state index is 0.0658. The largest absolute Gasteiger partial charge is 0.497 e. The van der Waals surface area contributed by atoms with E-state index in [0.29, 0.717) is 33.9 Å². The van der Waals surface area contributed by atoms with Gasteiger partial charge in [-0.25, -0.2) is 5.10 Å². The number of nitro benzene ring substituents is 1. The van der Waals surface area contributed by atoms with Crippen molar-refractivity contribution in [1.82, 2.24) is 30.4 Å². The van der Waals surface area contributed by atoms with Crippen LogP contribution < -0.4 is 20.3 Å². The first kappa shape index (κ1) is 20.1. The topological polar surface area (TPSA) is 163 Å². The van der Waals surface area contributed by atoms with Crippen LogP contribution in [0.3, 0.4) is 0 Å². The van der Waals surface area contributed by atoms with E-state index in [2.05, 4.69) is 31.0 Å². The van der Waals surface area contributed by atoms with Gasteiger partial charge in [0.1, 0.15) is 23.2 Å². The van der Waals surface area contributed by atoms with Crippen LogP contribution in [0.25, 0.3) is 11.3 Å². The summed E-state index contributed by atoms with van der Waals surface area (Å²) in [6.07, 6.45) is 0. The number of nitro groups is 1. The van der Waals surface area contributed by atoms with Gasteiger partial charge in [-0.3, -0.25) is 14.9 Å². The van der Waals surface area contributed by atoms with Gasteiger partial charge < -0.3 is 14.8 Å². The third-order valence-electron chi connectivity index (χ3n) is 5.35. The van der Waals surface area contributed by atoms with Gasteiger partial charge in [-0.1, -0.05) is 5.10 Å². The maximum atomic E-state index is 12.8. The van der Waals surface area contributed by atoms with Crippen molar-refractivity contribution in [3.8, 4) is 22.8 Å². The summed E-state index contributed by atoms with van der Waals surface area (Å²) >= 11 is 0. The van der Waals surface area contributed by atoms with Gasteiger partial charge >= 0.3 is 0 Å². The molecule has 0 bridgehead atoms. The molecular formula is C20H16N8O5. The number of hydrogen-bond donors (Lipinski definition) is 2. The Bertz CT molecular complexity index is 1430. The summed E-state index contributed by atoms with van der Waals surface area (Å²) in [4.78, 5) is 23.4. The Hall–Kier alpha value is -4.81. The van der Waals surface area contributed by atoms with Crippen molar-refractivity contribution >= 4 is 17.3 Å². The third kappa shape index (κ3) is 3.22. The highest BCUT2D eigenvalue weighted by atomic mass is 16.6. The van der Waals surface area contributed by atoms with Crippen LogP contribution >= 0.6 is 0 Å². The summed E-state index contributed by atoms with van der Waals surface area (Å²) < 4.78 is 12.5. The molecule has 3 heterocycles. The number of benzene rings is 2. The predicted octanol–water partition coefficient (Wildman–Crippen LogP) is 2.04. The monoisotopic (exact) mass is 448 g/mol. The Kier molecular flexibility index (Phi) is 4.70. The Morgan fingerprint density at radius 3 is 2.61 bits per heavy atom. The van der Waals surface area contributed by atoms with Gasteiger partial charge in [0.2, 0.25) is 5.95 Å². The lowest BCUT2D eigenvalue weighted by atomic mass is 9.91. The molecule has 13 heteroatoms. The molecule has 1 unspecified atom stereocenters. The number of ether oxygens (including phenoxy) is 2. The van der Waals surface area contributed by atoms with Gasteiger partial charge in [0.25, 0.3) is 11.2 Å². The van der Waals surface area contributed by atoms with E-state index in [1.807, 2.05) is 0 Å². The van der Waals surface area contributed by atoms with Gasteiger partial charge in [0.15, 0.2) is 0 Å². The molecule has 0 saturated carbocycles. The molecule has 13 nitrogen and oxygen atoms in total. The number of non-ortho nitro benzene ring substituents is 1. The summed E-state index contributed by atoms with van der Waals surface area (Å²) in [5.74, 6) is 1.34. The Balaban J connectivity index is 1.80. The number of aromatic amines is 1. The van der Waals surface area contributed by atoms with E-state index >= 15 is 0 Å². The summed E-state index contributed by atoms with van der Waals surface area (Å²) in [6.45, 7) is 0. The van der Waals surface area contributed by atoms with Crippen LogP contribution in [-0.4, -0.2) is 49.5 Å². The van der Waals surface area contributed by atoms with Crippen molar-refractivity contribution in [2.24, 2.45) is 0 Å². The van der Waals surface area contributed by atoms with Gasteiger partial charge in [0, 0.05) is 28.8 Å². The predicted molar refractivity (Wildman–Crippen MR) is 115 cm³/mol. The molecule has 0 aliphatic carbocycles. The SMILES string of the molecule is COc1ccc(OC)c(C2c3c(-c4ccc([N+](=O)[O-])cc4)n[nH]c(=O)c3Nc3nnnn32)c1. The minimum Gasteiger partial charge on any atom is -0.497 e. The van der Waals surface area contributed by atoms with Crippen molar-refractivity contribution in [1.29, 1.82) is 0 Å². The average molecular weight is 448 g/mol. The molecule has 166 valence electrons. The fraction of sp³-hybridized carbons (Fsp3) is 0.150. The lowest BCUT2D eigenvalue weighted by molar-refractivity contribution is -0.384. The number of methoxy groups -OCH3 is 2. The first-order chi connectivity index (χ1) is 16.0. The van der Waals surface area contributed by atoms with Gasteiger partial charge in [-0.2, -0.15) is 9.78 Å². The molecule has 2 N–H and O–H groups in total. The second kappa shape index (κ2) is 7.71. The summed E-state index contributed by atoms with van der Waals surface area (Å²) in [6, 6.07) is 10.4. The lowest BCUT2D eigenvalue weighted by Gasteiger charge is -2.28. The Morgan fingerprint density at radius 1 is 1.12 bits per heavy atom. The van der Waals surface area contributed by atoms with Crippen LogP contribution in [0.5, 0.6) is 11.5 Å². The maximum Gasteiger partial charge on any atom is 0.288 e. The second-order valence-electron chi connectivity index (χ2n) is 7.08. The Labute approximate surface area is 185 Å². The molecule has 5 rings (SSSR count). The first-order valence-electron chi connectivity index (χ1n) is 9.66. The van der Waals surface area contributed by atoms with Gasteiger partial charge in [-0.05, 0) is 40.8 Å². The molecular weight excluding hydrogens is 432 g/mol. The molecule has 33 heavy (non-hydrogen) atoms. The van der Waals surface area contributed by atoms with Crippen LogP contribution in [0.1, 0.15) is 17.2 Å². The standard InChI is InChI=1S/C20H16N8O5/c1-32-12-7-8-14(33-2)13(9-12)18-15-16(10-3-5-11(6-4-10)28(30)31)22-23-19(29)17(15)21-20-24-25-26-27(18)20/h3-9,18H,1-2H3,(H,23,29)(H,21,24,26). The number of anilines is 2. The first-order valence-corrected chi connectivity index (χ1v) is 9.66. The van der Waals surface area contributed by atoms with E-state index in [0.717, 1.165) is 0 Å². The highest BCUT2D eigenvalue weighted by Gasteiger charge is 2.36. The van der Waals surface area contributed by atoms with Crippen LogP contribution in [0.4, 0.5) is 17.3 Å². The number of nitrogens with zero attached hydrogens (tertiary/aromatic N) is 6. The molecule has 0 spiro atoms. The molecule has 0 fully saturated rings. The van der Waals surface area contributed by atoms with Crippen LogP contribution in [-0.2, 0) is 0 Å². The van der Waals surface area contributed by atoms with E-state index < -0.39 is 16.5 Å². The van der Waals surface area contributed by atoms with Crippen molar-refractivity contribution in [3.05, 3.63) is 74.1 Å². The molecule has 1 aliphatic heterocycles. The van der Waals surface area contributed by atoms with Gasteiger partial charge in [0.05, 0.1) is 24.8 Å². The van der Waals surface area contributed by atoms with Crippen molar-refractivity contribution in [2.45, 2.75) is 6.04 Å². The molecule has 2 aromatic carbocycles. The number of H-pyrrole nitrogens is 1. The summed E-state index contributed by atoms with van der Waals surface area (Å²) in [5.41, 5.74) is 1.71. The number of fused-ring (bicyclic) bond motifs is 2. The van der Waals surface area contributed by atoms with Gasteiger partial charge in [-0.15, -0.1) is 0 Å². The van der Waals surface area contributed by atoms with Crippen molar-refractivity contribution in [3.63, 3.8) is 0 Å². The fourth-order valence-electron chi connectivity index (χ4n) is 3.84. The third-order valence-corrected chi connectivity index (χ3v) is 5.35. The zero-order valence-corrected chi connectivity index (χ0v) is 17.3. The molecule has 1 atom stereocenters. The number of aromatic nitrogens is 6. The smallest absolute Gasteiger partial charge is 0.288 e. The molecule has 1 aliphatic rings. The number of tetrazole rings is 1.